The molecule has 0 fully saturated rings. The zero-order valence-electron chi connectivity index (χ0n) is 7.07. The molecule has 2 heterocycles. The van der Waals surface area contributed by atoms with Gasteiger partial charge in [-0.15, -0.1) is 0 Å². The summed E-state index contributed by atoms with van der Waals surface area (Å²) in [6.45, 7) is 0. The van der Waals surface area contributed by atoms with Crippen molar-refractivity contribution in [2.24, 2.45) is 0 Å². The SMILES string of the molecule is O=Cc1cccc(-c2[nH]ncc2Cl)n1. The van der Waals surface area contributed by atoms with E-state index in [1.165, 1.54) is 6.20 Å². The summed E-state index contributed by atoms with van der Waals surface area (Å²) in [7, 11) is 0. The quantitative estimate of drug-likeness (QED) is 0.766. The first kappa shape index (κ1) is 8.90. The number of carbonyl (C=O) groups is 1. The number of nitrogens with zero attached hydrogens (tertiary/aromatic N) is 2. The number of aldehydes is 1. The first-order valence-corrected chi connectivity index (χ1v) is 4.30. The Morgan fingerprint density at radius 2 is 2.29 bits per heavy atom. The fourth-order valence-electron chi connectivity index (χ4n) is 1.11. The van der Waals surface area contributed by atoms with Crippen molar-refractivity contribution in [1.29, 1.82) is 0 Å². The maximum Gasteiger partial charge on any atom is 0.168 e. The van der Waals surface area contributed by atoms with Crippen LogP contribution in [-0.4, -0.2) is 21.5 Å². The topological polar surface area (TPSA) is 58.6 Å². The Morgan fingerprint density at radius 3 is 2.93 bits per heavy atom. The Morgan fingerprint density at radius 1 is 1.43 bits per heavy atom. The van der Waals surface area contributed by atoms with E-state index in [0.717, 1.165) is 0 Å². The fraction of sp³-hybridized carbons (Fsp3) is 0. The smallest absolute Gasteiger partial charge is 0.168 e. The second-order valence-electron chi connectivity index (χ2n) is 2.66. The minimum atomic E-state index is 0.369. The van der Waals surface area contributed by atoms with Crippen LogP contribution >= 0.6 is 11.6 Å². The van der Waals surface area contributed by atoms with Crippen molar-refractivity contribution in [2.75, 3.05) is 0 Å². The van der Waals surface area contributed by atoms with Gasteiger partial charge in [0.2, 0.25) is 0 Å². The predicted molar refractivity (Wildman–Crippen MR) is 52.2 cm³/mol. The van der Waals surface area contributed by atoms with Crippen molar-refractivity contribution >= 4 is 17.9 Å². The number of pyridine rings is 1. The van der Waals surface area contributed by atoms with Gasteiger partial charge in [0, 0.05) is 0 Å². The lowest BCUT2D eigenvalue weighted by atomic mass is 10.2. The van der Waals surface area contributed by atoms with Crippen LogP contribution in [0.2, 0.25) is 5.02 Å². The zero-order valence-corrected chi connectivity index (χ0v) is 7.82. The Labute approximate surface area is 84.9 Å². The highest BCUT2D eigenvalue weighted by molar-refractivity contribution is 6.32. The van der Waals surface area contributed by atoms with Gasteiger partial charge in [-0.25, -0.2) is 4.98 Å². The third-order valence-corrected chi connectivity index (χ3v) is 2.03. The van der Waals surface area contributed by atoms with Crippen molar-refractivity contribution < 1.29 is 4.79 Å². The number of aromatic nitrogens is 3. The van der Waals surface area contributed by atoms with Gasteiger partial charge in [-0.3, -0.25) is 9.89 Å². The van der Waals surface area contributed by atoms with E-state index in [-0.39, 0.29) is 0 Å². The van der Waals surface area contributed by atoms with Gasteiger partial charge in [0.1, 0.15) is 11.4 Å². The molecule has 14 heavy (non-hydrogen) atoms. The largest absolute Gasteiger partial charge is 0.296 e. The molecule has 0 saturated carbocycles. The molecule has 0 radical (unpaired) electrons. The van der Waals surface area contributed by atoms with Crippen molar-refractivity contribution in [2.45, 2.75) is 0 Å². The van der Waals surface area contributed by atoms with Crippen LogP contribution in [0.25, 0.3) is 11.4 Å². The van der Waals surface area contributed by atoms with Gasteiger partial charge in [0.15, 0.2) is 6.29 Å². The second kappa shape index (κ2) is 3.59. The molecule has 2 aromatic heterocycles. The number of hydrogen-bond acceptors (Lipinski definition) is 3. The van der Waals surface area contributed by atoms with Crippen LogP contribution in [0.5, 0.6) is 0 Å². The Kier molecular flexibility index (Phi) is 2.28. The number of hydrogen-bond donors (Lipinski definition) is 1. The monoisotopic (exact) mass is 207 g/mol. The molecule has 0 aliphatic carbocycles. The van der Waals surface area contributed by atoms with Crippen molar-refractivity contribution in [1.82, 2.24) is 15.2 Å². The highest BCUT2D eigenvalue weighted by Gasteiger charge is 2.06. The van der Waals surface area contributed by atoms with Crippen LogP contribution in [0.3, 0.4) is 0 Å². The van der Waals surface area contributed by atoms with Gasteiger partial charge >= 0.3 is 0 Å². The van der Waals surface area contributed by atoms with E-state index in [4.69, 9.17) is 11.6 Å². The van der Waals surface area contributed by atoms with E-state index < -0.39 is 0 Å². The molecular formula is C9H6ClN3O. The van der Waals surface area contributed by atoms with Crippen LogP contribution in [0, 0.1) is 0 Å². The second-order valence-corrected chi connectivity index (χ2v) is 3.07. The summed E-state index contributed by atoms with van der Waals surface area (Å²) in [5.74, 6) is 0. The van der Waals surface area contributed by atoms with Gasteiger partial charge in [-0.1, -0.05) is 17.7 Å². The van der Waals surface area contributed by atoms with Gasteiger partial charge in [-0.05, 0) is 12.1 Å². The minimum absolute atomic E-state index is 0.369. The maximum atomic E-state index is 10.5. The normalized spacial score (nSPS) is 10.1. The predicted octanol–water partition coefficient (Wildman–Crippen LogP) is 1.94. The summed E-state index contributed by atoms with van der Waals surface area (Å²) >= 11 is 5.85. The molecule has 4 nitrogen and oxygen atoms in total. The number of carbonyl (C=O) groups excluding carboxylic acids is 1. The third-order valence-electron chi connectivity index (χ3n) is 1.74. The first-order chi connectivity index (χ1) is 6.81. The van der Waals surface area contributed by atoms with Gasteiger partial charge in [-0.2, -0.15) is 5.10 Å². The highest BCUT2D eigenvalue weighted by Crippen LogP contribution is 2.22. The van der Waals surface area contributed by atoms with E-state index in [9.17, 15) is 4.79 Å². The molecule has 0 amide bonds. The van der Waals surface area contributed by atoms with Crippen LogP contribution < -0.4 is 0 Å². The lowest BCUT2D eigenvalue weighted by Gasteiger charge is -1.97. The third kappa shape index (κ3) is 1.52. The standard InChI is InChI=1S/C9H6ClN3O/c10-7-4-11-13-9(7)8-3-1-2-6(5-14)12-8/h1-5H,(H,11,13). The van der Waals surface area contributed by atoms with Crippen LogP contribution in [0.1, 0.15) is 10.5 Å². The van der Waals surface area contributed by atoms with E-state index in [2.05, 4.69) is 15.2 Å². The molecule has 0 bridgehead atoms. The van der Waals surface area contributed by atoms with E-state index >= 15 is 0 Å². The number of rotatable bonds is 2. The molecule has 1 N–H and O–H groups in total. The molecule has 0 unspecified atom stereocenters. The lowest BCUT2D eigenvalue weighted by Crippen LogP contribution is -1.90. The summed E-state index contributed by atoms with van der Waals surface area (Å²) < 4.78 is 0. The van der Waals surface area contributed by atoms with E-state index in [1.54, 1.807) is 18.2 Å². The number of nitrogens with one attached hydrogen (secondary N) is 1. The summed E-state index contributed by atoms with van der Waals surface area (Å²) in [5, 5.41) is 6.97. The van der Waals surface area contributed by atoms with Crippen LogP contribution in [0.4, 0.5) is 0 Å². The summed E-state index contributed by atoms with van der Waals surface area (Å²) in [6, 6.07) is 5.12. The number of halogens is 1. The highest BCUT2D eigenvalue weighted by atomic mass is 35.5. The first-order valence-electron chi connectivity index (χ1n) is 3.93. The molecule has 2 rings (SSSR count). The molecule has 70 valence electrons. The molecule has 0 atom stereocenters. The van der Waals surface area contributed by atoms with E-state index in [1.807, 2.05) is 0 Å². The molecule has 0 aliphatic rings. The van der Waals surface area contributed by atoms with Crippen molar-refractivity contribution in [3.8, 4) is 11.4 Å². The summed E-state index contributed by atoms with van der Waals surface area (Å²) in [5.41, 5.74) is 1.60. The Balaban J connectivity index is 2.52. The van der Waals surface area contributed by atoms with E-state index in [0.29, 0.717) is 28.4 Å². The maximum absolute atomic E-state index is 10.5. The minimum Gasteiger partial charge on any atom is -0.296 e. The summed E-state index contributed by atoms with van der Waals surface area (Å²) in [4.78, 5) is 14.6. The number of aromatic amines is 1. The average molecular weight is 208 g/mol. The number of H-pyrrole nitrogens is 1. The molecule has 0 aliphatic heterocycles. The van der Waals surface area contributed by atoms with Gasteiger partial charge in [0.25, 0.3) is 0 Å². The molecule has 0 spiro atoms. The average Bonchev–Trinajstić information content (AvgIpc) is 2.65. The van der Waals surface area contributed by atoms with Crippen molar-refractivity contribution in [3.05, 3.63) is 35.1 Å². The zero-order chi connectivity index (χ0) is 9.97. The Bertz CT molecular complexity index is 467. The van der Waals surface area contributed by atoms with Crippen LogP contribution in [0.15, 0.2) is 24.4 Å². The summed E-state index contributed by atoms with van der Waals surface area (Å²) in [6.07, 6.45) is 2.18. The molecule has 5 heteroatoms. The van der Waals surface area contributed by atoms with Crippen molar-refractivity contribution in [3.63, 3.8) is 0 Å². The molecule has 2 aromatic rings. The lowest BCUT2D eigenvalue weighted by molar-refractivity contribution is 0.111. The fourth-order valence-corrected chi connectivity index (χ4v) is 1.30. The molecule has 0 aromatic carbocycles. The Hall–Kier alpha value is -1.68. The van der Waals surface area contributed by atoms with Gasteiger partial charge in [0.05, 0.1) is 16.9 Å². The molecular weight excluding hydrogens is 202 g/mol. The van der Waals surface area contributed by atoms with Gasteiger partial charge < -0.3 is 0 Å². The molecule has 0 saturated heterocycles. The van der Waals surface area contributed by atoms with Crippen LogP contribution in [-0.2, 0) is 0 Å².